The molecule has 1 radical (unpaired) electrons. The van der Waals surface area contributed by atoms with Gasteiger partial charge in [-0.25, -0.2) is 0 Å². The molecule has 3 rings (SSSR count). The van der Waals surface area contributed by atoms with E-state index in [4.69, 9.17) is 4.74 Å². The minimum Gasteiger partial charge on any atom is -0.384 e. The van der Waals surface area contributed by atoms with Crippen molar-refractivity contribution in [2.45, 2.75) is 27.2 Å². The van der Waals surface area contributed by atoms with Crippen LogP contribution in [0.4, 0.5) is 5.69 Å². The molecule has 1 fully saturated rings. The molecule has 2 heterocycles. The Morgan fingerprint density at radius 1 is 1.18 bits per heavy atom. The van der Waals surface area contributed by atoms with Crippen LogP contribution in [-0.4, -0.2) is 48.9 Å². The van der Waals surface area contributed by atoms with Gasteiger partial charge in [-0.2, -0.15) is 6.08 Å². The fraction of sp³-hybridized carbons (Fsp3) is 0.393. The molecule has 34 heavy (non-hydrogen) atoms. The first-order chi connectivity index (χ1) is 16.1. The number of nitrogens with zero attached hydrogens (tertiary/aromatic N) is 3. The van der Waals surface area contributed by atoms with Crippen LogP contribution in [0.5, 0.6) is 0 Å². The van der Waals surface area contributed by atoms with Crippen molar-refractivity contribution in [3.8, 4) is 17.3 Å². The summed E-state index contributed by atoms with van der Waals surface area (Å²) in [6, 6.07) is 15.1. The van der Waals surface area contributed by atoms with Gasteiger partial charge in [-0.05, 0) is 48.9 Å². The van der Waals surface area contributed by atoms with E-state index < -0.39 is 0 Å². The molecular weight excluding hydrogens is 595 g/mol. The van der Waals surface area contributed by atoms with Gasteiger partial charge in [-0.3, -0.25) is 10.2 Å². The Hall–Kier alpha value is -2.41. The normalized spacial score (nSPS) is 15.6. The molecule has 0 bridgehead atoms. The fourth-order valence-corrected chi connectivity index (χ4v) is 4.03. The van der Waals surface area contributed by atoms with Crippen molar-refractivity contribution in [1.82, 2.24) is 9.47 Å². The summed E-state index contributed by atoms with van der Waals surface area (Å²) in [7, 11) is 2.06. The van der Waals surface area contributed by atoms with Crippen molar-refractivity contribution in [1.29, 1.82) is 5.26 Å². The van der Waals surface area contributed by atoms with Crippen LogP contribution in [0.25, 0.3) is 16.8 Å². The van der Waals surface area contributed by atoms with Crippen molar-refractivity contribution < 1.29 is 25.2 Å². The molecule has 181 valence electrons. The molecule has 0 unspecified atom stereocenters. The van der Waals surface area contributed by atoms with Crippen LogP contribution in [0.3, 0.4) is 0 Å². The van der Waals surface area contributed by atoms with Crippen LogP contribution in [0.15, 0.2) is 59.7 Å². The zero-order chi connectivity index (χ0) is 23.6. The summed E-state index contributed by atoms with van der Waals surface area (Å²) in [5.74, 6) is 0. The molecule has 0 atom stereocenters. The maximum Gasteiger partial charge on any atom is 0.0594 e. The number of aromatic nitrogens is 1. The number of hydrogen-bond acceptors (Lipinski definition) is 4. The van der Waals surface area contributed by atoms with E-state index in [0.29, 0.717) is 5.57 Å². The van der Waals surface area contributed by atoms with Crippen LogP contribution < -0.4 is 5.32 Å². The van der Waals surface area contributed by atoms with Crippen molar-refractivity contribution in [2.24, 2.45) is 7.05 Å². The van der Waals surface area contributed by atoms with Crippen LogP contribution in [0.1, 0.15) is 32.9 Å². The van der Waals surface area contributed by atoms with Gasteiger partial charge in [-0.15, -0.1) is 17.2 Å². The predicted octanol–water partition coefficient (Wildman–Crippen LogP) is 5.45. The molecule has 0 spiro atoms. The number of ether oxygens (including phenoxy) is 1. The summed E-state index contributed by atoms with van der Waals surface area (Å²) in [6.07, 6.45) is 7.99. The van der Waals surface area contributed by atoms with Crippen molar-refractivity contribution in [3.05, 3.63) is 71.5 Å². The van der Waals surface area contributed by atoms with Gasteiger partial charge >= 0.3 is 0 Å². The minimum atomic E-state index is 0. The molecule has 1 aliphatic heterocycles. The number of rotatable bonds is 9. The molecule has 1 aromatic heterocycles. The van der Waals surface area contributed by atoms with E-state index in [1.807, 2.05) is 32.9 Å². The summed E-state index contributed by atoms with van der Waals surface area (Å²) in [5, 5.41) is 13.3. The zero-order valence-corrected chi connectivity index (χ0v) is 23.4. The summed E-state index contributed by atoms with van der Waals surface area (Å²) < 4.78 is 7.57. The Morgan fingerprint density at radius 3 is 2.50 bits per heavy atom. The zero-order valence-electron chi connectivity index (χ0n) is 20.7. The Morgan fingerprint density at radius 2 is 1.88 bits per heavy atom. The third-order valence-electron chi connectivity index (χ3n) is 6.06. The number of nitriles is 1. The van der Waals surface area contributed by atoms with Gasteiger partial charge in [0.25, 0.3) is 0 Å². The van der Waals surface area contributed by atoms with E-state index >= 15 is 0 Å². The molecule has 1 N–H and O–H groups in total. The van der Waals surface area contributed by atoms with Gasteiger partial charge in [0.05, 0.1) is 13.2 Å². The summed E-state index contributed by atoms with van der Waals surface area (Å²) in [6.45, 7) is 11.7. The van der Waals surface area contributed by atoms with Gasteiger partial charge in [0.2, 0.25) is 0 Å². The number of allylic oxidation sites excluding steroid dienone is 6. The van der Waals surface area contributed by atoms with Crippen molar-refractivity contribution in [2.75, 3.05) is 44.7 Å². The number of nitrogens with one attached hydrogen (secondary N) is 1. The van der Waals surface area contributed by atoms with Crippen LogP contribution in [-0.2, 0) is 32.2 Å². The first-order valence-electron chi connectivity index (χ1n) is 11.7. The molecule has 2 aromatic rings. The molecule has 1 aliphatic rings. The number of morpholine rings is 1. The van der Waals surface area contributed by atoms with Crippen molar-refractivity contribution >= 4 is 11.3 Å². The molecule has 6 heteroatoms. The SMILES string of the molecule is C/C=C(C)\C(=C(\C#N)[C-]=CCC)c1ccc(-c2ccc(NCCN3CCOCC3)cc2)n1C.[Re]. The molecule has 1 saturated heterocycles. The van der Waals surface area contributed by atoms with Crippen LogP contribution >= 0.6 is 0 Å². The summed E-state index contributed by atoms with van der Waals surface area (Å²) in [4.78, 5) is 2.43. The first kappa shape index (κ1) is 27.8. The Bertz CT molecular complexity index is 1050. The Kier molecular flexibility index (Phi) is 11.5. The van der Waals surface area contributed by atoms with Gasteiger partial charge in [0, 0.05) is 65.0 Å². The van der Waals surface area contributed by atoms with Crippen LogP contribution in [0.2, 0.25) is 0 Å². The smallest absolute Gasteiger partial charge is 0.0594 e. The predicted molar refractivity (Wildman–Crippen MR) is 137 cm³/mol. The number of anilines is 1. The molecule has 5 nitrogen and oxygen atoms in total. The average molecular weight is 630 g/mol. The molecule has 0 amide bonds. The third kappa shape index (κ3) is 7.05. The molecule has 1 aromatic carbocycles. The second-order valence-electron chi connectivity index (χ2n) is 8.21. The third-order valence-corrected chi connectivity index (χ3v) is 6.06. The minimum absolute atomic E-state index is 0. The topological polar surface area (TPSA) is 53.2 Å². The van der Waals surface area contributed by atoms with E-state index in [0.717, 1.165) is 79.6 Å². The van der Waals surface area contributed by atoms with Crippen molar-refractivity contribution in [3.63, 3.8) is 0 Å². The standard InChI is InChI=1S/C28H35N4O.Re/c1-5-7-8-24(21-29)28(22(3)6-2)27-14-13-26(31(27)4)23-9-11-25(12-10-23)30-15-16-32-17-19-33-20-18-32;/h6-7,9-14,30H,5,15-20H2,1-4H3;/q-1;/b22-6-,28-24-;. The largest absolute Gasteiger partial charge is 0.384 e. The summed E-state index contributed by atoms with van der Waals surface area (Å²) in [5.41, 5.74) is 6.96. The van der Waals surface area contributed by atoms with Gasteiger partial charge in [0.1, 0.15) is 0 Å². The second kappa shape index (κ2) is 14.1. The fourth-order valence-electron chi connectivity index (χ4n) is 4.03. The van der Waals surface area contributed by atoms with E-state index in [1.165, 1.54) is 0 Å². The maximum atomic E-state index is 9.79. The van der Waals surface area contributed by atoms with E-state index in [1.54, 1.807) is 0 Å². The quantitative estimate of drug-likeness (QED) is 0.228. The van der Waals surface area contributed by atoms with Gasteiger partial charge in [-0.1, -0.05) is 43.7 Å². The Balaban J connectivity index is 0.00000408. The van der Waals surface area contributed by atoms with Crippen LogP contribution in [0, 0.1) is 17.4 Å². The first-order valence-corrected chi connectivity index (χ1v) is 11.7. The molecule has 0 saturated carbocycles. The monoisotopic (exact) mass is 630 g/mol. The maximum absolute atomic E-state index is 9.79. The average Bonchev–Trinajstić information content (AvgIpc) is 3.23. The van der Waals surface area contributed by atoms with Gasteiger partial charge in [0.15, 0.2) is 0 Å². The van der Waals surface area contributed by atoms with E-state index in [2.05, 4.69) is 70.4 Å². The Labute approximate surface area is 218 Å². The van der Waals surface area contributed by atoms with Gasteiger partial charge < -0.3 is 14.6 Å². The molecule has 0 aliphatic carbocycles. The number of hydrogen-bond donors (Lipinski definition) is 1. The summed E-state index contributed by atoms with van der Waals surface area (Å²) >= 11 is 0. The van der Waals surface area contributed by atoms with E-state index in [-0.39, 0.29) is 20.4 Å². The molecular formula is C28H35N4ORe-. The number of benzene rings is 1. The van der Waals surface area contributed by atoms with E-state index in [9.17, 15) is 5.26 Å². The second-order valence-corrected chi connectivity index (χ2v) is 8.21.